The molecule has 0 bridgehead atoms. The number of carbonyl (C=O) groups is 4. The van der Waals surface area contributed by atoms with Gasteiger partial charge in [-0.3, -0.25) is 19.3 Å². The van der Waals surface area contributed by atoms with Crippen molar-refractivity contribution in [2.75, 3.05) is 5.32 Å². The Morgan fingerprint density at radius 1 is 0.912 bits per heavy atom. The van der Waals surface area contributed by atoms with E-state index in [-0.39, 0.29) is 11.1 Å². The lowest BCUT2D eigenvalue weighted by Gasteiger charge is -2.24. The maximum atomic E-state index is 13.1. The molecule has 0 aromatic heterocycles. The van der Waals surface area contributed by atoms with Crippen LogP contribution in [-0.2, 0) is 14.3 Å². The monoisotopic (exact) mass is 476 g/mol. The van der Waals surface area contributed by atoms with Crippen LogP contribution < -0.4 is 5.32 Å². The number of nitrogens with one attached hydrogen (secondary N) is 1. The molecule has 0 spiro atoms. The van der Waals surface area contributed by atoms with Crippen molar-refractivity contribution in [1.82, 2.24) is 4.90 Å². The number of hydrogen-bond acceptors (Lipinski definition) is 5. The molecule has 0 saturated carbocycles. The quantitative estimate of drug-likeness (QED) is 0.416. The summed E-state index contributed by atoms with van der Waals surface area (Å²) in [4.78, 5) is 52.5. The predicted octanol–water partition coefficient (Wildman–Crippen LogP) is 4.56. The van der Waals surface area contributed by atoms with Crippen LogP contribution in [0.4, 0.5) is 5.69 Å². The average Bonchev–Trinajstić information content (AvgIpc) is 3.09. The summed E-state index contributed by atoms with van der Waals surface area (Å²) in [5.74, 6) is -2.66. The van der Waals surface area contributed by atoms with E-state index in [0.717, 1.165) is 10.5 Å². The van der Waals surface area contributed by atoms with Gasteiger partial charge < -0.3 is 10.1 Å². The second-order valence-corrected chi connectivity index (χ2v) is 8.29. The van der Waals surface area contributed by atoms with Gasteiger partial charge in [-0.15, -0.1) is 0 Å². The minimum absolute atomic E-state index is 0.223. The Morgan fingerprint density at radius 2 is 1.50 bits per heavy atom. The maximum Gasteiger partial charge on any atom is 0.330 e. The minimum Gasteiger partial charge on any atom is -0.446 e. The van der Waals surface area contributed by atoms with Crippen LogP contribution in [0.25, 0.3) is 0 Å². The summed E-state index contributed by atoms with van der Waals surface area (Å²) in [5.41, 5.74) is 2.16. The molecule has 0 aliphatic carbocycles. The minimum atomic E-state index is -1.31. The predicted molar refractivity (Wildman–Crippen MR) is 126 cm³/mol. The molecule has 0 saturated heterocycles. The molecular weight excluding hydrogens is 456 g/mol. The van der Waals surface area contributed by atoms with E-state index in [1.807, 2.05) is 6.92 Å². The van der Waals surface area contributed by atoms with Gasteiger partial charge in [0.2, 0.25) is 6.10 Å². The Balaban J connectivity index is 1.56. The van der Waals surface area contributed by atoms with E-state index in [9.17, 15) is 19.2 Å². The van der Waals surface area contributed by atoms with Crippen molar-refractivity contribution < 1.29 is 23.9 Å². The van der Waals surface area contributed by atoms with Crippen molar-refractivity contribution in [3.63, 3.8) is 0 Å². The summed E-state index contributed by atoms with van der Waals surface area (Å²) in [7, 11) is 0. The van der Waals surface area contributed by atoms with Crippen LogP contribution in [0.1, 0.15) is 44.9 Å². The fourth-order valence-corrected chi connectivity index (χ4v) is 3.84. The molecule has 7 nitrogen and oxygen atoms in total. The largest absolute Gasteiger partial charge is 0.446 e. The second-order valence-electron chi connectivity index (χ2n) is 7.88. The van der Waals surface area contributed by atoms with Crippen LogP contribution in [-0.4, -0.2) is 34.6 Å². The number of benzene rings is 3. The van der Waals surface area contributed by atoms with Crippen LogP contribution in [0, 0.1) is 6.92 Å². The molecule has 0 fully saturated rings. The van der Waals surface area contributed by atoms with Crippen molar-refractivity contribution in [1.29, 1.82) is 0 Å². The molecule has 34 heavy (non-hydrogen) atoms. The molecule has 2 unspecified atom stereocenters. The molecule has 4 rings (SSSR count). The molecule has 3 amide bonds. The first-order valence-electron chi connectivity index (χ1n) is 10.6. The average molecular weight is 477 g/mol. The van der Waals surface area contributed by atoms with Gasteiger partial charge in [0.1, 0.15) is 6.04 Å². The van der Waals surface area contributed by atoms with E-state index in [4.69, 9.17) is 16.3 Å². The van der Waals surface area contributed by atoms with Crippen LogP contribution >= 0.6 is 11.6 Å². The molecule has 2 atom stereocenters. The van der Waals surface area contributed by atoms with Gasteiger partial charge in [0.25, 0.3) is 17.7 Å². The highest BCUT2D eigenvalue weighted by Crippen LogP contribution is 2.27. The first kappa shape index (κ1) is 23.2. The first-order valence-corrected chi connectivity index (χ1v) is 10.9. The summed E-state index contributed by atoms with van der Waals surface area (Å²) < 4.78 is 5.56. The molecule has 1 aliphatic heterocycles. The van der Waals surface area contributed by atoms with E-state index in [0.29, 0.717) is 16.3 Å². The number of amides is 3. The zero-order chi connectivity index (χ0) is 24.4. The van der Waals surface area contributed by atoms with Gasteiger partial charge in [-0.05, 0) is 43.7 Å². The van der Waals surface area contributed by atoms with Crippen molar-refractivity contribution in [3.8, 4) is 0 Å². The van der Waals surface area contributed by atoms with E-state index in [1.165, 1.54) is 19.1 Å². The molecule has 172 valence electrons. The third-order valence-electron chi connectivity index (χ3n) is 5.57. The zero-order valence-corrected chi connectivity index (χ0v) is 19.2. The Kier molecular flexibility index (Phi) is 6.47. The van der Waals surface area contributed by atoms with Crippen LogP contribution in [0.2, 0.25) is 5.02 Å². The van der Waals surface area contributed by atoms with Crippen LogP contribution in [0.15, 0.2) is 72.8 Å². The Morgan fingerprint density at radius 3 is 2.09 bits per heavy atom. The Bertz CT molecular complexity index is 1260. The summed E-state index contributed by atoms with van der Waals surface area (Å²) >= 11 is 6.15. The third kappa shape index (κ3) is 4.43. The van der Waals surface area contributed by atoms with Gasteiger partial charge in [-0.1, -0.05) is 60.1 Å². The van der Waals surface area contributed by atoms with E-state index in [1.54, 1.807) is 60.7 Å². The fraction of sp³-hybridized carbons (Fsp3) is 0.154. The van der Waals surface area contributed by atoms with Crippen molar-refractivity contribution >= 4 is 41.0 Å². The number of carbonyl (C=O) groups excluding carboxylic acids is 4. The zero-order valence-electron chi connectivity index (χ0n) is 18.4. The second kappa shape index (κ2) is 9.49. The van der Waals surface area contributed by atoms with E-state index in [2.05, 4.69) is 5.32 Å². The standard InChI is InChI=1S/C26H21ClN2O5/c1-15-12-13-18(14-21(15)27)28-23(30)22(17-8-4-3-5-9-17)34-26(33)16(2)29-24(31)19-10-6-7-11-20(19)25(29)32/h3-14,16,22H,1-2H3,(H,28,30). The van der Waals surface area contributed by atoms with Crippen molar-refractivity contribution in [3.05, 3.63) is 100 Å². The van der Waals surface area contributed by atoms with Crippen molar-refractivity contribution in [2.45, 2.75) is 26.0 Å². The highest BCUT2D eigenvalue weighted by atomic mass is 35.5. The number of anilines is 1. The third-order valence-corrected chi connectivity index (χ3v) is 5.97. The molecule has 8 heteroatoms. The first-order chi connectivity index (χ1) is 16.3. The van der Waals surface area contributed by atoms with Crippen LogP contribution in [0.5, 0.6) is 0 Å². The van der Waals surface area contributed by atoms with Gasteiger partial charge in [-0.2, -0.15) is 0 Å². The van der Waals surface area contributed by atoms with Crippen molar-refractivity contribution in [2.24, 2.45) is 0 Å². The molecule has 3 aromatic carbocycles. The molecule has 3 aromatic rings. The van der Waals surface area contributed by atoms with Gasteiger partial charge in [0.05, 0.1) is 11.1 Å². The normalized spacial score (nSPS) is 14.4. The van der Waals surface area contributed by atoms with Crippen LogP contribution in [0.3, 0.4) is 0 Å². The van der Waals surface area contributed by atoms with Gasteiger partial charge in [-0.25, -0.2) is 4.79 Å². The number of aryl methyl sites for hydroxylation is 1. The number of halogens is 1. The summed E-state index contributed by atoms with van der Waals surface area (Å²) in [6, 6.07) is 18.6. The van der Waals surface area contributed by atoms with E-state index < -0.39 is 35.8 Å². The maximum absolute atomic E-state index is 13.1. The fourth-order valence-electron chi connectivity index (χ4n) is 3.66. The lowest BCUT2D eigenvalue weighted by molar-refractivity contribution is -0.158. The smallest absolute Gasteiger partial charge is 0.330 e. The molecule has 1 aliphatic rings. The number of fused-ring (bicyclic) bond motifs is 1. The number of rotatable bonds is 6. The van der Waals surface area contributed by atoms with E-state index >= 15 is 0 Å². The summed E-state index contributed by atoms with van der Waals surface area (Å²) in [6.07, 6.45) is -1.31. The molecule has 0 radical (unpaired) electrons. The number of esters is 1. The number of nitrogens with zero attached hydrogens (tertiary/aromatic N) is 1. The van der Waals surface area contributed by atoms with Gasteiger partial charge >= 0.3 is 5.97 Å². The van der Waals surface area contributed by atoms with Gasteiger partial charge in [0.15, 0.2) is 0 Å². The number of ether oxygens (including phenoxy) is 1. The topological polar surface area (TPSA) is 92.8 Å². The van der Waals surface area contributed by atoms with Gasteiger partial charge in [0, 0.05) is 16.3 Å². The molecule has 1 N–H and O–H groups in total. The molecule has 1 heterocycles. The highest BCUT2D eigenvalue weighted by Gasteiger charge is 2.42. The lowest BCUT2D eigenvalue weighted by Crippen LogP contribution is -2.44. The summed E-state index contributed by atoms with van der Waals surface area (Å²) in [5, 5.41) is 3.18. The highest BCUT2D eigenvalue weighted by molar-refractivity contribution is 6.31. The number of hydrogen-bond donors (Lipinski definition) is 1. The Labute approximate surface area is 201 Å². The molecular formula is C26H21ClN2O5. The number of imide groups is 1. The lowest BCUT2D eigenvalue weighted by atomic mass is 10.1. The Hall–Kier alpha value is -3.97. The summed E-state index contributed by atoms with van der Waals surface area (Å²) in [6.45, 7) is 3.23. The SMILES string of the molecule is Cc1ccc(NC(=O)C(OC(=O)C(C)N2C(=O)c3ccccc3C2=O)c2ccccc2)cc1Cl.